The van der Waals surface area contributed by atoms with Gasteiger partial charge in [-0.15, -0.1) is 0 Å². The summed E-state index contributed by atoms with van der Waals surface area (Å²) in [5.41, 5.74) is 5.61. The highest BCUT2D eigenvalue weighted by atomic mass is 15.1. The molecule has 110 valence electrons. The lowest BCUT2D eigenvalue weighted by Gasteiger charge is -2.34. The quantitative estimate of drug-likeness (QED) is 0.881. The van der Waals surface area contributed by atoms with Crippen molar-refractivity contribution >= 4 is 0 Å². The molecule has 0 radical (unpaired) electrons. The molecule has 1 fully saturated rings. The first-order chi connectivity index (χ1) is 9.24. The third kappa shape index (κ3) is 8.79. The Morgan fingerprint density at radius 3 is 1.58 bits per heavy atom. The maximum atomic E-state index is 5.61. The lowest BCUT2D eigenvalue weighted by Crippen LogP contribution is -2.40. The van der Waals surface area contributed by atoms with E-state index in [1.54, 1.807) is 0 Å². The zero-order valence-electron chi connectivity index (χ0n) is 13.2. The van der Waals surface area contributed by atoms with Gasteiger partial charge >= 0.3 is 0 Å². The molecule has 2 N–H and O–H groups in total. The van der Waals surface area contributed by atoms with Crippen LogP contribution in [0.25, 0.3) is 0 Å². The molecule has 0 aromatic heterocycles. The van der Waals surface area contributed by atoms with Crippen molar-refractivity contribution < 1.29 is 0 Å². The molecule has 0 aliphatic carbocycles. The smallest absolute Gasteiger partial charge is 0.00385 e. The van der Waals surface area contributed by atoms with E-state index in [2.05, 4.69) is 18.7 Å². The number of benzene rings is 1. The molecule has 1 saturated heterocycles. The molecule has 0 atom stereocenters. The van der Waals surface area contributed by atoms with E-state index in [4.69, 9.17) is 5.73 Å². The number of hydrogen-bond acceptors (Lipinski definition) is 2. The molecule has 2 heteroatoms. The van der Waals surface area contributed by atoms with E-state index in [1.807, 2.05) is 50.2 Å². The minimum absolute atomic E-state index is 0.716. The van der Waals surface area contributed by atoms with Gasteiger partial charge in [-0.2, -0.15) is 0 Å². The summed E-state index contributed by atoms with van der Waals surface area (Å²) in [5, 5.41) is 0. The van der Waals surface area contributed by atoms with Crippen molar-refractivity contribution in [1.82, 2.24) is 4.90 Å². The van der Waals surface area contributed by atoms with Gasteiger partial charge in [0.15, 0.2) is 0 Å². The highest BCUT2D eigenvalue weighted by Gasteiger charge is 2.19. The van der Waals surface area contributed by atoms with Gasteiger partial charge in [0.2, 0.25) is 0 Å². The summed E-state index contributed by atoms with van der Waals surface area (Å²) < 4.78 is 0. The first-order valence-electron chi connectivity index (χ1n) is 7.68. The van der Waals surface area contributed by atoms with Gasteiger partial charge in [0, 0.05) is 6.04 Å². The molecule has 0 unspecified atom stereocenters. The second kappa shape index (κ2) is 12.2. The molecule has 19 heavy (non-hydrogen) atoms. The second-order valence-corrected chi connectivity index (χ2v) is 4.96. The Kier molecular flexibility index (Phi) is 11.6. The molecule has 2 nitrogen and oxygen atoms in total. The number of rotatable bonds is 2. The van der Waals surface area contributed by atoms with Crippen LogP contribution in [0.4, 0.5) is 0 Å². The minimum Gasteiger partial charge on any atom is -0.330 e. The molecule has 2 rings (SSSR count). The van der Waals surface area contributed by atoms with E-state index in [-0.39, 0.29) is 0 Å². The fourth-order valence-corrected chi connectivity index (χ4v) is 2.09. The van der Waals surface area contributed by atoms with Crippen molar-refractivity contribution in [3.05, 3.63) is 36.4 Å². The van der Waals surface area contributed by atoms with Crippen molar-refractivity contribution in [2.75, 3.05) is 19.6 Å². The van der Waals surface area contributed by atoms with Crippen molar-refractivity contribution in [2.45, 2.75) is 46.6 Å². The van der Waals surface area contributed by atoms with E-state index < -0.39 is 0 Å². The van der Waals surface area contributed by atoms with E-state index >= 15 is 0 Å². The molecule has 1 aliphatic heterocycles. The summed E-state index contributed by atoms with van der Waals surface area (Å²) in [6.45, 7) is 11.9. The summed E-state index contributed by atoms with van der Waals surface area (Å²) in [4.78, 5) is 2.53. The van der Waals surface area contributed by atoms with Gasteiger partial charge in [-0.25, -0.2) is 0 Å². The zero-order valence-corrected chi connectivity index (χ0v) is 13.2. The van der Waals surface area contributed by atoms with Crippen molar-refractivity contribution in [1.29, 1.82) is 0 Å². The molecule has 1 aliphatic rings. The van der Waals surface area contributed by atoms with Gasteiger partial charge in [-0.1, -0.05) is 50.2 Å². The van der Waals surface area contributed by atoms with E-state index in [1.165, 1.54) is 25.9 Å². The zero-order chi connectivity index (χ0) is 14.5. The maximum Gasteiger partial charge on any atom is 0.00385 e. The van der Waals surface area contributed by atoms with Gasteiger partial charge in [0.05, 0.1) is 0 Å². The second-order valence-electron chi connectivity index (χ2n) is 4.96. The molecule has 1 aromatic rings. The van der Waals surface area contributed by atoms with Crippen LogP contribution in [-0.4, -0.2) is 30.6 Å². The topological polar surface area (TPSA) is 29.3 Å². The molecule has 0 saturated carbocycles. The van der Waals surface area contributed by atoms with Gasteiger partial charge < -0.3 is 10.6 Å². The van der Waals surface area contributed by atoms with E-state index in [9.17, 15) is 0 Å². The molecule has 1 heterocycles. The van der Waals surface area contributed by atoms with Crippen molar-refractivity contribution in [3.63, 3.8) is 0 Å². The summed E-state index contributed by atoms with van der Waals surface area (Å²) in [6, 6.07) is 12.7. The monoisotopic (exact) mass is 264 g/mol. The van der Waals surface area contributed by atoms with Crippen molar-refractivity contribution in [3.8, 4) is 0 Å². The van der Waals surface area contributed by atoms with Crippen LogP contribution in [0.1, 0.15) is 40.5 Å². The minimum atomic E-state index is 0.716. The van der Waals surface area contributed by atoms with Crippen LogP contribution in [0.2, 0.25) is 0 Å². The molecule has 0 amide bonds. The maximum absolute atomic E-state index is 5.61. The van der Waals surface area contributed by atoms with Crippen molar-refractivity contribution in [2.24, 2.45) is 11.7 Å². The average molecular weight is 264 g/mol. The molecular formula is C17H32N2. The summed E-state index contributed by atoms with van der Waals surface area (Å²) >= 11 is 0. The fourth-order valence-electron chi connectivity index (χ4n) is 2.09. The Morgan fingerprint density at radius 1 is 0.947 bits per heavy atom. The Bertz CT molecular complexity index is 237. The standard InChI is InChI=1S/C9H20N2.C6H6.C2H6/c1-8(2)11-5-3-9(7-10)4-6-11;1-2-4-6-5-3-1;1-2/h8-9H,3-7,10H2,1-2H3;1-6H;1-2H3. The van der Waals surface area contributed by atoms with Gasteiger partial charge in [-0.05, 0) is 52.2 Å². The van der Waals surface area contributed by atoms with Gasteiger partial charge in [0.25, 0.3) is 0 Å². The van der Waals surface area contributed by atoms with Crippen LogP contribution in [0, 0.1) is 5.92 Å². The average Bonchev–Trinajstić information content (AvgIpc) is 2.51. The van der Waals surface area contributed by atoms with Crippen LogP contribution < -0.4 is 5.73 Å². The van der Waals surface area contributed by atoms with E-state index in [0.29, 0.717) is 6.04 Å². The van der Waals surface area contributed by atoms with Crippen LogP contribution in [0.15, 0.2) is 36.4 Å². The van der Waals surface area contributed by atoms with E-state index in [0.717, 1.165) is 12.5 Å². The van der Waals surface area contributed by atoms with Crippen LogP contribution in [-0.2, 0) is 0 Å². The third-order valence-electron chi connectivity index (χ3n) is 3.38. The highest BCUT2D eigenvalue weighted by Crippen LogP contribution is 2.17. The SMILES string of the molecule is CC.CC(C)N1CCC(CN)CC1.c1ccccc1. The van der Waals surface area contributed by atoms with Crippen LogP contribution >= 0.6 is 0 Å². The third-order valence-corrected chi connectivity index (χ3v) is 3.38. The predicted octanol–water partition coefficient (Wildman–Crippen LogP) is 3.78. The number of likely N-dealkylation sites (tertiary alicyclic amines) is 1. The summed E-state index contributed by atoms with van der Waals surface area (Å²) in [7, 11) is 0. The first-order valence-corrected chi connectivity index (χ1v) is 7.68. The Morgan fingerprint density at radius 2 is 1.32 bits per heavy atom. The van der Waals surface area contributed by atoms with Crippen LogP contribution in [0.5, 0.6) is 0 Å². The number of hydrogen-bond donors (Lipinski definition) is 1. The summed E-state index contributed by atoms with van der Waals surface area (Å²) in [5.74, 6) is 0.796. The molecule has 1 aromatic carbocycles. The summed E-state index contributed by atoms with van der Waals surface area (Å²) in [6.07, 6.45) is 2.60. The number of nitrogens with zero attached hydrogens (tertiary/aromatic N) is 1. The lowest BCUT2D eigenvalue weighted by molar-refractivity contribution is 0.152. The number of piperidine rings is 1. The van der Waals surface area contributed by atoms with Crippen LogP contribution in [0.3, 0.4) is 0 Å². The molecule has 0 spiro atoms. The highest BCUT2D eigenvalue weighted by molar-refractivity contribution is 4.99. The lowest BCUT2D eigenvalue weighted by atomic mass is 9.96. The Balaban J connectivity index is 0.000000341. The largest absolute Gasteiger partial charge is 0.330 e. The molecular weight excluding hydrogens is 232 g/mol. The predicted molar refractivity (Wildman–Crippen MR) is 86.3 cm³/mol. The first kappa shape index (κ1) is 18.1. The fraction of sp³-hybridized carbons (Fsp3) is 0.647. The Labute approximate surface area is 120 Å². The van der Waals surface area contributed by atoms with Gasteiger partial charge in [0.1, 0.15) is 0 Å². The molecule has 0 bridgehead atoms. The number of nitrogens with two attached hydrogens (primary N) is 1. The normalized spacial score (nSPS) is 16.1. The Hall–Kier alpha value is -0.860. The van der Waals surface area contributed by atoms with Gasteiger partial charge in [-0.3, -0.25) is 0 Å².